The van der Waals surface area contributed by atoms with E-state index in [0.717, 1.165) is 52.5 Å². The van der Waals surface area contributed by atoms with Crippen LogP contribution in [-0.4, -0.2) is 21.7 Å². The summed E-state index contributed by atoms with van der Waals surface area (Å²) in [6, 6.07) is 37.8. The van der Waals surface area contributed by atoms with Gasteiger partial charge in [-0.05, 0) is 51.0 Å². The largest absolute Gasteiger partial charge is 0.365 e. The van der Waals surface area contributed by atoms with E-state index in [9.17, 15) is 0 Å². The van der Waals surface area contributed by atoms with Gasteiger partial charge in [-0.1, -0.05) is 115 Å². The SMILES string of the molecule is Cc1ccc(NNC(=Nc2c(-c3ccccc3)nn(-c3ccc(C)cc3)c2NC2CCCCC2)c2ccccc2)cc1. The summed E-state index contributed by atoms with van der Waals surface area (Å²) >= 11 is 0. The molecule has 1 saturated carbocycles. The first-order valence-electron chi connectivity index (χ1n) is 14.9. The lowest BCUT2D eigenvalue weighted by atomic mass is 9.95. The van der Waals surface area contributed by atoms with Crippen molar-refractivity contribution in [3.63, 3.8) is 0 Å². The summed E-state index contributed by atoms with van der Waals surface area (Å²) in [6.07, 6.45) is 6.04. The Balaban J connectivity index is 1.52. The molecule has 0 spiro atoms. The van der Waals surface area contributed by atoms with Crippen LogP contribution in [0.3, 0.4) is 0 Å². The third-order valence-electron chi connectivity index (χ3n) is 7.78. The van der Waals surface area contributed by atoms with Gasteiger partial charge in [0.15, 0.2) is 11.7 Å². The summed E-state index contributed by atoms with van der Waals surface area (Å²) in [5.74, 6) is 1.62. The molecule has 6 rings (SSSR count). The van der Waals surface area contributed by atoms with Crippen molar-refractivity contribution in [1.29, 1.82) is 0 Å². The number of amidine groups is 1. The number of benzene rings is 4. The van der Waals surface area contributed by atoms with E-state index in [1.54, 1.807) is 0 Å². The van der Waals surface area contributed by atoms with E-state index in [-0.39, 0.29) is 0 Å². The third kappa shape index (κ3) is 6.39. The average molecular weight is 555 g/mol. The fourth-order valence-corrected chi connectivity index (χ4v) is 5.39. The number of anilines is 2. The molecule has 1 aliphatic rings. The van der Waals surface area contributed by atoms with E-state index >= 15 is 0 Å². The molecule has 6 heteroatoms. The van der Waals surface area contributed by atoms with Crippen LogP contribution >= 0.6 is 0 Å². The zero-order valence-corrected chi connectivity index (χ0v) is 24.3. The van der Waals surface area contributed by atoms with Gasteiger partial charge in [0.05, 0.1) is 11.4 Å². The molecule has 4 aromatic carbocycles. The number of aromatic nitrogens is 2. The molecule has 0 saturated heterocycles. The highest BCUT2D eigenvalue weighted by Gasteiger charge is 2.24. The van der Waals surface area contributed by atoms with Gasteiger partial charge >= 0.3 is 0 Å². The van der Waals surface area contributed by atoms with E-state index in [2.05, 4.69) is 115 Å². The molecule has 0 amide bonds. The van der Waals surface area contributed by atoms with Crippen molar-refractivity contribution in [2.24, 2.45) is 4.99 Å². The topological polar surface area (TPSA) is 66.3 Å². The number of nitrogens with one attached hydrogen (secondary N) is 3. The van der Waals surface area contributed by atoms with E-state index in [4.69, 9.17) is 10.1 Å². The minimum atomic E-state index is 0.371. The molecular formula is C36H38N6. The van der Waals surface area contributed by atoms with Crippen LogP contribution in [0.4, 0.5) is 17.2 Å². The van der Waals surface area contributed by atoms with Gasteiger partial charge in [-0.2, -0.15) is 5.10 Å². The number of hydrazine groups is 1. The number of nitrogens with zero attached hydrogens (tertiary/aromatic N) is 3. The van der Waals surface area contributed by atoms with Crippen molar-refractivity contribution in [2.45, 2.75) is 52.0 Å². The number of aryl methyl sites for hydroxylation is 2. The molecular weight excluding hydrogens is 516 g/mol. The fourth-order valence-electron chi connectivity index (χ4n) is 5.39. The summed E-state index contributed by atoms with van der Waals surface area (Å²) in [4.78, 5) is 5.36. The van der Waals surface area contributed by atoms with Crippen molar-refractivity contribution in [2.75, 3.05) is 10.7 Å². The maximum Gasteiger partial charge on any atom is 0.156 e. The second-order valence-corrected chi connectivity index (χ2v) is 11.1. The molecule has 0 aliphatic heterocycles. The molecule has 6 nitrogen and oxygen atoms in total. The van der Waals surface area contributed by atoms with Crippen molar-refractivity contribution in [3.8, 4) is 16.9 Å². The normalized spacial score (nSPS) is 14.0. The lowest BCUT2D eigenvalue weighted by molar-refractivity contribution is 0.461. The molecule has 212 valence electrons. The molecule has 1 fully saturated rings. The smallest absolute Gasteiger partial charge is 0.156 e. The molecule has 1 aliphatic carbocycles. The summed E-state index contributed by atoms with van der Waals surface area (Å²) in [6.45, 7) is 4.20. The van der Waals surface area contributed by atoms with Crippen LogP contribution in [0.5, 0.6) is 0 Å². The quantitative estimate of drug-likeness (QED) is 0.102. The zero-order valence-electron chi connectivity index (χ0n) is 24.3. The predicted octanol–water partition coefficient (Wildman–Crippen LogP) is 8.60. The molecule has 0 unspecified atom stereocenters. The second kappa shape index (κ2) is 12.8. The monoisotopic (exact) mass is 554 g/mol. The van der Waals surface area contributed by atoms with Crippen LogP contribution in [0.2, 0.25) is 0 Å². The number of rotatable bonds is 8. The Bertz CT molecular complexity index is 1610. The average Bonchev–Trinajstić information content (AvgIpc) is 3.39. The Morgan fingerprint density at radius 1 is 0.738 bits per heavy atom. The van der Waals surface area contributed by atoms with Crippen LogP contribution in [0, 0.1) is 13.8 Å². The molecule has 0 bridgehead atoms. The lowest BCUT2D eigenvalue weighted by Gasteiger charge is -2.24. The van der Waals surface area contributed by atoms with Gasteiger partial charge in [0, 0.05) is 17.2 Å². The van der Waals surface area contributed by atoms with Gasteiger partial charge < -0.3 is 5.32 Å². The van der Waals surface area contributed by atoms with Crippen LogP contribution < -0.4 is 16.2 Å². The molecule has 0 atom stereocenters. The van der Waals surface area contributed by atoms with Crippen molar-refractivity contribution in [1.82, 2.24) is 15.2 Å². The van der Waals surface area contributed by atoms with Crippen molar-refractivity contribution >= 4 is 23.0 Å². The van der Waals surface area contributed by atoms with Crippen LogP contribution in [0.1, 0.15) is 48.8 Å². The minimum Gasteiger partial charge on any atom is -0.365 e. The van der Waals surface area contributed by atoms with Crippen molar-refractivity contribution in [3.05, 3.63) is 126 Å². The molecule has 0 radical (unpaired) electrons. The highest BCUT2D eigenvalue weighted by Crippen LogP contribution is 2.40. The maximum absolute atomic E-state index is 5.36. The standard InChI is InChI=1S/C36H38N6/c1-26-18-22-31(23-19-26)39-40-35(29-14-8-4-9-15-29)38-34-33(28-12-6-3-7-13-28)41-42(32-24-20-27(2)21-25-32)36(34)37-30-16-10-5-11-17-30/h3-4,6-9,12-15,18-25,30,37,39H,5,10-11,16-17H2,1-2H3,(H,38,40). The molecule has 3 N–H and O–H groups in total. The number of aliphatic imine (C=N–C) groups is 1. The van der Waals surface area contributed by atoms with Crippen LogP contribution in [-0.2, 0) is 0 Å². The van der Waals surface area contributed by atoms with Gasteiger partial charge in [-0.25, -0.2) is 9.67 Å². The van der Waals surface area contributed by atoms with Gasteiger partial charge in [0.1, 0.15) is 11.4 Å². The third-order valence-corrected chi connectivity index (χ3v) is 7.78. The van der Waals surface area contributed by atoms with Crippen LogP contribution in [0.15, 0.2) is 114 Å². The first-order chi connectivity index (χ1) is 20.6. The number of hydrogen-bond donors (Lipinski definition) is 3. The fraction of sp³-hybridized carbons (Fsp3) is 0.222. The van der Waals surface area contributed by atoms with Gasteiger partial charge in [0.25, 0.3) is 0 Å². The zero-order chi connectivity index (χ0) is 28.7. The summed E-state index contributed by atoms with van der Waals surface area (Å²) < 4.78 is 2.03. The van der Waals surface area contributed by atoms with E-state index in [0.29, 0.717) is 11.9 Å². The summed E-state index contributed by atoms with van der Waals surface area (Å²) in [7, 11) is 0. The Labute approximate surface area is 248 Å². The highest BCUT2D eigenvalue weighted by atomic mass is 15.4. The van der Waals surface area contributed by atoms with E-state index in [1.165, 1.54) is 30.4 Å². The molecule has 1 aromatic heterocycles. The first-order valence-corrected chi connectivity index (χ1v) is 14.9. The van der Waals surface area contributed by atoms with Crippen molar-refractivity contribution < 1.29 is 0 Å². The molecule has 5 aromatic rings. The van der Waals surface area contributed by atoms with Gasteiger partial charge in [-0.15, -0.1) is 0 Å². The lowest BCUT2D eigenvalue weighted by Crippen LogP contribution is -2.30. The minimum absolute atomic E-state index is 0.371. The Hall–Kier alpha value is -4.84. The predicted molar refractivity (Wildman–Crippen MR) is 175 cm³/mol. The second-order valence-electron chi connectivity index (χ2n) is 11.1. The van der Waals surface area contributed by atoms with Gasteiger partial charge in [0.2, 0.25) is 0 Å². The summed E-state index contributed by atoms with van der Waals surface area (Å²) in [5, 5.41) is 9.12. The molecule has 1 heterocycles. The first kappa shape index (κ1) is 27.3. The Kier molecular flexibility index (Phi) is 8.31. The summed E-state index contributed by atoms with van der Waals surface area (Å²) in [5.41, 5.74) is 14.8. The Morgan fingerprint density at radius 3 is 2.02 bits per heavy atom. The Morgan fingerprint density at radius 2 is 1.36 bits per heavy atom. The van der Waals surface area contributed by atoms with Gasteiger partial charge in [-0.3, -0.25) is 10.9 Å². The van der Waals surface area contributed by atoms with E-state index < -0.39 is 0 Å². The molecule has 42 heavy (non-hydrogen) atoms. The maximum atomic E-state index is 5.36. The highest BCUT2D eigenvalue weighted by molar-refractivity contribution is 6.03. The van der Waals surface area contributed by atoms with Crippen LogP contribution in [0.25, 0.3) is 16.9 Å². The number of hydrogen-bond acceptors (Lipinski definition) is 4. The van der Waals surface area contributed by atoms with E-state index in [1.807, 2.05) is 28.9 Å².